The fraction of sp³-hybridized carbons (Fsp3) is 0.133. The first-order chi connectivity index (χ1) is 10.1. The Morgan fingerprint density at radius 2 is 2.05 bits per heavy atom. The number of anilines is 1. The summed E-state index contributed by atoms with van der Waals surface area (Å²) in [5.74, 6) is 0.426. The highest BCUT2D eigenvalue weighted by Crippen LogP contribution is 2.28. The molecule has 0 saturated carbocycles. The second kappa shape index (κ2) is 5.99. The third-order valence-corrected chi connectivity index (χ3v) is 4.68. The highest BCUT2D eigenvalue weighted by atomic mass is 79.9. The first-order valence-corrected chi connectivity index (χ1v) is 8.19. The number of halogens is 1. The van der Waals surface area contributed by atoms with E-state index in [2.05, 4.69) is 15.9 Å². The Labute approximate surface area is 134 Å². The van der Waals surface area contributed by atoms with Crippen LogP contribution in [-0.4, -0.2) is 10.3 Å². The van der Waals surface area contributed by atoms with Gasteiger partial charge in [0, 0.05) is 27.4 Å². The Bertz CT molecular complexity index is 841. The van der Waals surface area contributed by atoms with E-state index < -0.39 is 0 Å². The first kappa shape index (κ1) is 14.3. The molecule has 0 aliphatic heterocycles. The fourth-order valence-corrected chi connectivity index (χ4v) is 3.39. The van der Waals surface area contributed by atoms with Gasteiger partial charge in [0.15, 0.2) is 5.58 Å². The van der Waals surface area contributed by atoms with Crippen molar-refractivity contribution in [1.29, 1.82) is 0 Å². The van der Waals surface area contributed by atoms with E-state index in [0.717, 1.165) is 26.3 Å². The summed E-state index contributed by atoms with van der Waals surface area (Å²) in [6, 6.07) is 13.2. The molecule has 0 aliphatic carbocycles. The van der Waals surface area contributed by atoms with Crippen molar-refractivity contribution in [3.8, 4) is 0 Å². The van der Waals surface area contributed by atoms with Gasteiger partial charge < -0.3 is 10.2 Å². The molecule has 0 radical (unpaired) electrons. The number of nitrogens with two attached hydrogens (primary N) is 1. The Balaban J connectivity index is 1.75. The molecule has 0 atom stereocenters. The van der Waals surface area contributed by atoms with E-state index in [1.165, 1.54) is 0 Å². The van der Waals surface area contributed by atoms with Crippen molar-refractivity contribution in [1.82, 2.24) is 4.57 Å². The van der Waals surface area contributed by atoms with Crippen LogP contribution in [0.4, 0.5) is 5.69 Å². The highest BCUT2D eigenvalue weighted by Gasteiger charge is 2.08. The standard InChI is InChI=1S/C15H13BrN2O2S/c16-10-5-6-14(11(17)9-10)21-8-7-18-12-3-1-2-4-13(12)20-15(18)19/h1-6,9H,7-8,17H2. The number of thioether (sulfide) groups is 1. The fourth-order valence-electron chi connectivity index (χ4n) is 2.12. The second-order valence-corrected chi connectivity index (χ2v) is 6.57. The van der Waals surface area contributed by atoms with Crippen LogP contribution in [0.15, 0.2) is 61.0 Å². The third kappa shape index (κ3) is 3.01. The van der Waals surface area contributed by atoms with Crippen LogP contribution in [0.3, 0.4) is 0 Å². The zero-order chi connectivity index (χ0) is 14.8. The van der Waals surface area contributed by atoms with E-state index >= 15 is 0 Å². The van der Waals surface area contributed by atoms with Gasteiger partial charge in [-0.3, -0.25) is 4.57 Å². The lowest BCUT2D eigenvalue weighted by Gasteiger charge is -2.06. The van der Waals surface area contributed by atoms with Crippen LogP contribution in [0.25, 0.3) is 11.1 Å². The number of hydrogen-bond acceptors (Lipinski definition) is 4. The number of aromatic nitrogens is 1. The Morgan fingerprint density at radius 1 is 1.24 bits per heavy atom. The molecule has 0 aliphatic rings. The number of fused-ring (bicyclic) bond motifs is 1. The van der Waals surface area contributed by atoms with Crippen molar-refractivity contribution < 1.29 is 4.42 Å². The van der Waals surface area contributed by atoms with Gasteiger partial charge in [-0.05, 0) is 30.3 Å². The average Bonchev–Trinajstić information content (AvgIpc) is 2.77. The topological polar surface area (TPSA) is 61.2 Å². The molecule has 0 saturated heterocycles. The van der Waals surface area contributed by atoms with Crippen molar-refractivity contribution >= 4 is 44.5 Å². The van der Waals surface area contributed by atoms with Gasteiger partial charge in [0.2, 0.25) is 0 Å². The number of para-hydroxylation sites is 2. The molecule has 4 nitrogen and oxygen atoms in total. The number of aryl methyl sites for hydroxylation is 1. The number of nitrogen functional groups attached to an aromatic ring is 1. The van der Waals surface area contributed by atoms with Gasteiger partial charge in [-0.2, -0.15) is 0 Å². The molecule has 2 N–H and O–H groups in total. The lowest BCUT2D eigenvalue weighted by molar-refractivity contribution is 0.514. The SMILES string of the molecule is Nc1cc(Br)ccc1SCCn1c(=O)oc2ccccc21. The van der Waals surface area contributed by atoms with E-state index in [4.69, 9.17) is 10.2 Å². The van der Waals surface area contributed by atoms with Gasteiger partial charge in [0.1, 0.15) is 0 Å². The average molecular weight is 365 g/mol. The Kier molecular flexibility index (Phi) is 4.07. The number of hydrogen-bond donors (Lipinski definition) is 1. The van der Waals surface area contributed by atoms with Gasteiger partial charge in [0.05, 0.1) is 5.52 Å². The van der Waals surface area contributed by atoms with Crippen LogP contribution in [0.1, 0.15) is 0 Å². The van der Waals surface area contributed by atoms with Crippen molar-refractivity contribution in [2.45, 2.75) is 11.4 Å². The van der Waals surface area contributed by atoms with E-state index in [0.29, 0.717) is 12.1 Å². The van der Waals surface area contributed by atoms with E-state index in [1.54, 1.807) is 22.4 Å². The zero-order valence-electron chi connectivity index (χ0n) is 11.1. The summed E-state index contributed by atoms with van der Waals surface area (Å²) in [6.07, 6.45) is 0. The number of oxazole rings is 1. The second-order valence-electron chi connectivity index (χ2n) is 4.52. The van der Waals surface area contributed by atoms with Gasteiger partial charge in [-0.1, -0.05) is 28.1 Å². The van der Waals surface area contributed by atoms with Gasteiger partial charge in [0.25, 0.3) is 0 Å². The maximum absolute atomic E-state index is 11.8. The number of benzene rings is 2. The first-order valence-electron chi connectivity index (χ1n) is 6.41. The summed E-state index contributed by atoms with van der Waals surface area (Å²) in [7, 11) is 0. The molecule has 2 aromatic carbocycles. The molecule has 3 rings (SSSR count). The molecule has 1 heterocycles. The summed E-state index contributed by atoms with van der Waals surface area (Å²) in [6.45, 7) is 0.579. The predicted octanol–water partition coefficient (Wildman–Crippen LogP) is 3.73. The van der Waals surface area contributed by atoms with Crippen LogP contribution in [-0.2, 0) is 6.54 Å². The molecule has 6 heteroatoms. The number of rotatable bonds is 4. The monoisotopic (exact) mass is 364 g/mol. The number of nitrogens with zero attached hydrogens (tertiary/aromatic N) is 1. The Morgan fingerprint density at radius 3 is 2.86 bits per heavy atom. The molecule has 0 unspecified atom stereocenters. The van der Waals surface area contributed by atoms with E-state index in [1.807, 2.05) is 36.4 Å². The van der Waals surface area contributed by atoms with Crippen LogP contribution < -0.4 is 11.5 Å². The smallest absolute Gasteiger partial charge is 0.408 e. The minimum absolute atomic E-state index is 0.319. The molecule has 0 fully saturated rings. The summed E-state index contributed by atoms with van der Waals surface area (Å²) in [4.78, 5) is 12.9. The van der Waals surface area contributed by atoms with Crippen LogP contribution in [0.5, 0.6) is 0 Å². The summed E-state index contributed by atoms with van der Waals surface area (Å²) < 4.78 is 7.82. The minimum Gasteiger partial charge on any atom is -0.408 e. The predicted molar refractivity (Wildman–Crippen MR) is 89.8 cm³/mol. The molecule has 0 amide bonds. The molecule has 0 spiro atoms. The van der Waals surface area contributed by atoms with E-state index in [9.17, 15) is 4.79 Å². The lowest BCUT2D eigenvalue weighted by Crippen LogP contribution is -2.15. The molecule has 1 aromatic heterocycles. The maximum atomic E-state index is 11.8. The maximum Gasteiger partial charge on any atom is 0.419 e. The Hall–Kier alpha value is -1.66. The van der Waals surface area contributed by atoms with Gasteiger partial charge >= 0.3 is 5.76 Å². The van der Waals surface area contributed by atoms with Crippen molar-refractivity contribution in [2.24, 2.45) is 0 Å². The summed E-state index contributed by atoms with van der Waals surface area (Å²) in [5.41, 5.74) is 8.15. The lowest BCUT2D eigenvalue weighted by atomic mass is 10.3. The summed E-state index contributed by atoms with van der Waals surface area (Å²) in [5, 5.41) is 0. The van der Waals surface area contributed by atoms with E-state index in [-0.39, 0.29) is 5.76 Å². The molecule has 108 valence electrons. The quantitative estimate of drug-likeness (QED) is 0.565. The molecule has 21 heavy (non-hydrogen) atoms. The minimum atomic E-state index is -0.319. The molecular weight excluding hydrogens is 352 g/mol. The third-order valence-electron chi connectivity index (χ3n) is 3.12. The van der Waals surface area contributed by atoms with Crippen molar-refractivity contribution in [2.75, 3.05) is 11.5 Å². The van der Waals surface area contributed by atoms with Crippen molar-refractivity contribution in [3.63, 3.8) is 0 Å². The van der Waals surface area contributed by atoms with Gasteiger partial charge in [-0.15, -0.1) is 11.8 Å². The highest BCUT2D eigenvalue weighted by molar-refractivity contribution is 9.10. The molecule has 0 bridgehead atoms. The van der Waals surface area contributed by atoms with Crippen LogP contribution >= 0.6 is 27.7 Å². The zero-order valence-corrected chi connectivity index (χ0v) is 13.5. The van der Waals surface area contributed by atoms with Gasteiger partial charge in [-0.25, -0.2) is 4.79 Å². The summed E-state index contributed by atoms with van der Waals surface area (Å²) >= 11 is 5.01. The molecule has 3 aromatic rings. The van der Waals surface area contributed by atoms with Crippen molar-refractivity contribution in [3.05, 3.63) is 57.5 Å². The normalized spacial score (nSPS) is 11.1. The largest absolute Gasteiger partial charge is 0.419 e. The molecular formula is C15H13BrN2O2S. The van der Waals surface area contributed by atoms with Crippen LogP contribution in [0.2, 0.25) is 0 Å². The van der Waals surface area contributed by atoms with Crippen LogP contribution in [0, 0.1) is 0 Å².